The Morgan fingerprint density at radius 2 is 1.67 bits per heavy atom. The van der Waals surface area contributed by atoms with Crippen LogP contribution in [0.2, 0.25) is 5.02 Å². The van der Waals surface area contributed by atoms with Crippen molar-refractivity contribution in [2.24, 2.45) is 0 Å². The van der Waals surface area contributed by atoms with Gasteiger partial charge in [0.05, 0.1) is 23.5 Å². The van der Waals surface area contributed by atoms with E-state index in [-0.39, 0.29) is 27.7 Å². The first kappa shape index (κ1) is 22.0. The van der Waals surface area contributed by atoms with Crippen LogP contribution >= 0.6 is 11.6 Å². The first-order chi connectivity index (χ1) is 13.8. The molecule has 0 N–H and O–H groups in total. The van der Waals surface area contributed by atoms with Gasteiger partial charge in [0.2, 0.25) is 0 Å². The Labute approximate surface area is 172 Å². The molecule has 0 aliphatic heterocycles. The molecule has 3 rings (SSSR count). The lowest BCUT2D eigenvalue weighted by Crippen LogP contribution is -2.08. The van der Waals surface area contributed by atoms with Crippen LogP contribution in [0.3, 0.4) is 0 Å². The number of hydrogen-bond acceptors (Lipinski definition) is 4. The van der Waals surface area contributed by atoms with E-state index < -0.39 is 38.2 Å². The molecular weight excluding hydrogens is 455 g/mol. The number of benzene rings is 2. The van der Waals surface area contributed by atoms with Crippen molar-refractivity contribution >= 4 is 21.4 Å². The van der Waals surface area contributed by atoms with Gasteiger partial charge in [-0.1, -0.05) is 11.6 Å². The maximum absolute atomic E-state index is 14.3. The van der Waals surface area contributed by atoms with Gasteiger partial charge in [0, 0.05) is 11.8 Å². The Balaban J connectivity index is 2.27. The number of alkyl halides is 3. The van der Waals surface area contributed by atoms with Crippen LogP contribution in [0.25, 0.3) is 16.9 Å². The van der Waals surface area contributed by atoms with Crippen molar-refractivity contribution in [2.75, 3.05) is 13.4 Å². The Bertz CT molecular complexity index is 1220. The van der Waals surface area contributed by atoms with Crippen molar-refractivity contribution in [3.8, 4) is 22.7 Å². The molecule has 0 spiro atoms. The van der Waals surface area contributed by atoms with Gasteiger partial charge in [-0.2, -0.15) is 18.3 Å². The lowest BCUT2D eigenvalue weighted by atomic mass is 10.1. The van der Waals surface area contributed by atoms with Gasteiger partial charge in [-0.15, -0.1) is 0 Å². The molecule has 3 aromatic rings. The Morgan fingerprint density at radius 1 is 1.07 bits per heavy atom. The fourth-order valence-electron chi connectivity index (χ4n) is 2.77. The lowest BCUT2D eigenvalue weighted by molar-refractivity contribution is -0.141. The van der Waals surface area contributed by atoms with Crippen molar-refractivity contribution in [1.82, 2.24) is 9.78 Å². The third-order valence-corrected chi connectivity index (χ3v) is 5.47. The number of aromatic nitrogens is 2. The topological polar surface area (TPSA) is 61.2 Å². The van der Waals surface area contributed by atoms with Crippen LogP contribution in [0.15, 0.2) is 41.3 Å². The van der Waals surface area contributed by atoms with Gasteiger partial charge in [0.25, 0.3) is 0 Å². The van der Waals surface area contributed by atoms with Gasteiger partial charge >= 0.3 is 6.18 Å². The molecule has 1 aromatic heterocycles. The molecule has 1 heterocycles. The van der Waals surface area contributed by atoms with E-state index in [4.69, 9.17) is 16.3 Å². The monoisotopic (exact) mass is 466 g/mol. The number of sulfone groups is 1. The van der Waals surface area contributed by atoms with Crippen LogP contribution in [0.5, 0.6) is 5.75 Å². The van der Waals surface area contributed by atoms with E-state index in [1.165, 1.54) is 25.3 Å². The summed E-state index contributed by atoms with van der Waals surface area (Å²) in [5.74, 6) is -2.64. The molecule has 5 nitrogen and oxygen atoms in total. The average Bonchev–Trinajstić information content (AvgIpc) is 3.05. The Hall–Kier alpha value is -2.66. The van der Waals surface area contributed by atoms with Crippen LogP contribution in [0.4, 0.5) is 22.0 Å². The number of ether oxygens (including phenoxy) is 1. The van der Waals surface area contributed by atoms with Gasteiger partial charge in [0.15, 0.2) is 15.5 Å². The highest BCUT2D eigenvalue weighted by atomic mass is 35.5. The Kier molecular flexibility index (Phi) is 5.54. The largest absolute Gasteiger partial charge is 0.495 e. The SMILES string of the molecule is COc1ccc(-n2nc(C(F)(F)F)cc2-c2cc(F)c(S(C)(=O)=O)c(F)c2)cc1Cl. The lowest BCUT2D eigenvalue weighted by Gasteiger charge is -2.11. The average molecular weight is 467 g/mol. The summed E-state index contributed by atoms with van der Waals surface area (Å²) in [6, 6.07) is 5.82. The number of nitrogens with zero attached hydrogens (tertiary/aromatic N) is 2. The van der Waals surface area contributed by atoms with Crippen molar-refractivity contribution in [1.29, 1.82) is 0 Å². The van der Waals surface area contributed by atoms with Gasteiger partial charge < -0.3 is 4.74 Å². The normalized spacial score (nSPS) is 12.3. The predicted molar refractivity (Wildman–Crippen MR) is 98.6 cm³/mol. The molecular formula is C18H12ClF5N2O3S. The van der Waals surface area contributed by atoms with Crippen molar-refractivity contribution in [2.45, 2.75) is 11.1 Å². The molecule has 160 valence electrons. The molecule has 2 aromatic carbocycles. The van der Waals surface area contributed by atoms with E-state index in [9.17, 15) is 30.4 Å². The van der Waals surface area contributed by atoms with Crippen LogP contribution in [0, 0.1) is 11.6 Å². The number of hydrogen-bond donors (Lipinski definition) is 0. The van der Waals surface area contributed by atoms with Crippen LogP contribution in [-0.2, 0) is 16.0 Å². The van der Waals surface area contributed by atoms with E-state index in [0.29, 0.717) is 24.5 Å². The summed E-state index contributed by atoms with van der Waals surface area (Å²) < 4.78 is 97.3. The van der Waals surface area contributed by atoms with Crippen molar-refractivity contribution < 1.29 is 35.1 Å². The molecule has 0 aliphatic carbocycles. The first-order valence-corrected chi connectivity index (χ1v) is 10.3. The third-order valence-electron chi connectivity index (χ3n) is 4.04. The molecule has 0 unspecified atom stereocenters. The van der Waals surface area contributed by atoms with E-state index in [1.807, 2.05) is 0 Å². The zero-order chi connectivity index (χ0) is 22.4. The second-order valence-electron chi connectivity index (χ2n) is 6.18. The van der Waals surface area contributed by atoms with Gasteiger partial charge in [-0.05, 0) is 36.4 Å². The van der Waals surface area contributed by atoms with Gasteiger partial charge in [-0.25, -0.2) is 21.9 Å². The minimum Gasteiger partial charge on any atom is -0.495 e. The number of rotatable bonds is 4. The van der Waals surface area contributed by atoms with E-state index in [2.05, 4.69) is 5.10 Å². The number of halogens is 6. The maximum atomic E-state index is 14.3. The first-order valence-electron chi connectivity index (χ1n) is 8.03. The second-order valence-corrected chi connectivity index (χ2v) is 8.54. The minimum atomic E-state index is -4.85. The van der Waals surface area contributed by atoms with E-state index >= 15 is 0 Å². The molecule has 12 heteroatoms. The summed E-state index contributed by atoms with van der Waals surface area (Å²) in [7, 11) is -2.90. The molecule has 0 atom stereocenters. The number of methoxy groups -OCH3 is 1. The van der Waals surface area contributed by atoms with Gasteiger partial charge in [0.1, 0.15) is 22.3 Å². The predicted octanol–water partition coefficient (Wildman–Crippen LogP) is 4.90. The smallest absolute Gasteiger partial charge is 0.435 e. The highest BCUT2D eigenvalue weighted by Gasteiger charge is 2.35. The summed E-state index contributed by atoms with van der Waals surface area (Å²) in [6.45, 7) is 0. The zero-order valence-electron chi connectivity index (χ0n) is 15.3. The maximum Gasteiger partial charge on any atom is 0.435 e. The summed E-state index contributed by atoms with van der Waals surface area (Å²) in [5.41, 5.74) is -1.95. The summed E-state index contributed by atoms with van der Waals surface area (Å²) in [5, 5.41) is 3.55. The molecule has 0 bridgehead atoms. The molecule has 0 amide bonds. The van der Waals surface area contributed by atoms with Crippen LogP contribution in [0.1, 0.15) is 5.69 Å². The van der Waals surface area contributed by atoms with Crippen molar-refractivity contribution in [3.05, 3.63) is 58.7 Å². The fourth-order valence-corrected chi connectivity index (χ4v) is 3.85. The fraction of sp³-hybridized carbons (Fsp3) is 0.167. The molecule has 0 aliphatic rings. The van der Waals surface area contributed by atoms with E-state index in [1.54, 1.807) is 0 Å². The third kappa shape index (κ3) is 4.12. The summed E-state index contributed by atoms with van der Waals surface area (Å²) in [4.78, 5) is -1.18. The van der Waals surface area contributed by atoms with E-state index in [0.717, 1.165) is 4.68 Å². The Morgan fingerprint density at radius 3 is 2.13 bits per heavy atom. The molecule has 0 saturated carbocycles. The molecule has 0 saturated heterocycles. The second kappa shape index (κ2) is 7.55. The molecule has 30 heavy (non-hydrogen) atoms. The quantitative estimate of drug-likeness (QED) is 0.513. The standard InChI is InChI=1S/C18H12ClF5N2O3S/c1-29-15-4-3-10(7-11(15)19)26-14(8-16(25-26)18(22,23)24)9-5-12(20)17(13(21)6-9)30(2,27)28/h3-8H,1-2H3. The molecule has 0 fully saturated rings. The summed E-state index contributed by atoms with van der Waals surface area (Å²) in [6.07, 6.45) is -4.24. The van der Waals surface area contributed by atoms with Crippen LogP contribution < -0.4 is 4.74 Å². The zero-order valence-corrected chi connectivity index (χ0v) is 16.8. The molecule has 0 radical (unpaired) electrons. The van der Waals surface area contributed by atoms with Crippen LogP contribution in [-0.4, -0.2) is 31.6 Å². The van der Waals surface area contributed by atoms with Gasteiger partial charge in [-0.3, -0.25) is 0 Å². The minimum absolute atomic E-state index is 0.0549. The highest BCUT2D eigenvalue weighted by molar-refractivity contribution is 7.90. The highest BCUT2D eigenvalue weighted by Crippen LogP contribution is 2.36. The summed E-state index contributed by atoms with van der Waals surface area (Å²) >= 11 is 6.02. The van der Waals surface area contributed by atoms with Crippen molar-refractivity contribution in [3.63, 3.8) is 0 Å².